The molecule has 3 fully saturated rings. The summed E-state index contributed by atoms with van der Waals surface area (Å²) in [4.78, 5) is 41.4. The zero-order chi connectivity index (χ0) is 31.9. The number of nitrogens with one attached hydrogen (secondary N) is 2. The first-order valence-electron chi connectivity index (χ1n) is 16.0. The molecule has 4 aliphatic rings. The topological polar surface area (TPSA) is 78.5 Å². The quantitative estimate of drug-likeness (QED) is 0.143. The fourth-order valence-corrected chi connectivity index (χ4v) is 11.4. The van der Waals surface area contributed by atoms with E-state index in [0.29, 0.717) is 29.4 Å². The maximum Gasteiger partial charge on any atom is 0.255 e. The van der Waals surface area contributed by atoms with E-state index in [1.54, 1.807) is 16.7 Å². The highest BCUT2D eigenvalue weighted by molar-refractivity contribution is 14.1. The maximum atomic E-state index is 13.2. The molecule has 44 heavy (non-hydrogen) atoms. The summed E-state index contributed by atoms with van der Waals surface area (Å²) in [7, 11) is 0. The number of carbonyl (C=O) groups excluding carboxylic acids is 3. The predicted octanol–water partition coefficient (Wildman–Crippen LogP) is 8.21. The van der Waals surface area contributed by atoms with Gasteiger partial charge in [0, 0.05) is 44.8 Å². The summed E-state index contributed by atoms with van der Waals surface area (Å²) >= 11 is 6.07. The van der Waals surface area contributed by atoms with Gasteiger partial charge < -0.3 is 10.2 Å². The van der Waals surface area contributed by atoms with Gasteiger partial charge in [0.25, 0.3) is 5.91 Å². The number of halogens is 1. The number of nitrogens with zero attached hydrogens (tertiary/aromatic N) is 1. The molecule has 0 radical (unpaired) electrons. The van der Waals surface area contributed by atoms with Gasteiger partial charge in [0.05, 0.1) is 0 Å². The van der Waals surface area contributed by atoms with Gasteiger partial charge in [-0.25, -0.2) is 0 Å². The third-order valence-corrected chi connectivity index (χ3v) is 13.7. The lowest BCUT2D eigenvalue weighted by Gasteiger charge is -2.57. The van der Waals surface area contributed by atoms with E-state index in [9.17, 15) is 14.4 Å². The molecule has 2 N–H and O–H groups in total. The van der Waals surface area contributed by atoms with Crippen LogP contribution in [-0.4, -0.2) is 46.5 Å². The summed E-state index contributed by atoms with van der Waals surface area (Å²) in [5, 5.41) is 8.75. The Morgan fingerprint density at radius 2 is 1.91 bits per heavy atom. The lowest BCUT2D eigenvalue weighted by molar-refractivity contribution is -0.136. The first kappa shape index (κ1) is 34.0. The highest BCUT2D eigenvalue weighted by Gasteiger charge is 2.51. The molecule has 0 aromatic heterocycles. The SMILES string of the molecule is CCC1(NC/C(I)=C/SC(CSc2cccc3c2CN(C2CCC(=O)NC2=O)C3=O)=C(C)C)CC2CC(C)(C)CC(C)(C2)C1. The van der Waals surface area contributed by atoms with Crippen LogP contribution >= 0.6 is 46.1 Å². The van der Waals surface area contributed by atoms with E-state index < -0.39 is 6.04 Å². The molecule has 4 atom stereocenters. The Morgan fingerprint density at radius 1 is 1.14 bits per heavy atom. The van der Waals surface area contributed by atoms with Gasteiger partial charge in [-0.2, -0.15) is 0 Å². The van der Waals surface area contributed by atoms with Gasteiger partial charge in [-0.05, 0) is 126 Å². The number of hydrogen-bond donors (Lipinski definition) is 2. The first-order valence-corrected chi connectivity index (χ1v) is 19.0. The van der Waals surface area contributed by atoms with Crippen LogP contribution in [0.25, 0.3) is 0 Å². The van der Waals surface area contributed by atoms with Gasteiger partial charge >= 0.3 is 0 Å². The number of carbonyl (C=O) groups is 3. The average molecular weight is 750 g/mol. The Labute approximate surface area is 285 Å². The summed E-state index contributed by atoms with van der Waals surface area (Å²) in [6.07, 6.45) is 8.45. The smallest absolute Gasteiger partial charge is 0.255 e. The van der Waals surface area contributed by atoms with Crippen LogP contribution in [0.2, 0.25) is 0 Å². The molecule has 9 heteroatoms. The molecule has 0 spiro atoms. The van der Waals surface area contributed by atoms with E-state index in [1.165, 1.54) is 52.6 Å². The summed E-state index contributed by atoms with van der Waals surface area (Å²) < 4.78 is 1.33. The van der Waals surface area contributed by atoms with Crippen LogP contribution in [0.3, 0.4) is 0 Å². The second kappa shape index (κ2) is 13.4. The fourth-order valence-electron chi connectivity index (χ4n) is 8.68. The Hall–Kier alpha value is -1.30. The summed E-state index contributed by atoms with van der Waals surface area (Å²) in [6.45, 7) is 15.5. The normalized spacial score (nSPS) is 29.8. The number of amides is 3. The molecule has 2 heterocycles. The summed E-state index contributed by atoms with van der Waals surface area (Å²) in [6, 6.07) is 5.27. The Bertz CT molecular complexity index is 1380. The van der Waals surface area contributed by atoms with Gasteiger partial charge in [-0.15, -0.1) is 23.5 Å². The van der Waals surface area contributed by atoms with Crippen LogP contribution in [0.5, 0.6) is 0 Å². The number of benzene rings is 1. The second-order valence-corrected chi connectivity index (χ2v) is 18.2. The number of fused-ring (bicyclic) bond motifs is 3. The zero-order valence-electron chi connectivity index (χ0n) is 27.1. The lowest BCUT2D eigenvalue weighted by Crippen LogP contribution is -2.56. The Balaban J connectivity index is 1.19. The lowest BCUT2D eigenvalue weighted by atomic mass is 9.51. The molecule has 2 saturated carbocycles. The van der Waals surface area contributed by atoms with Crippen LogP contribution in [0.1, 0.15) is 109 Å². The Morgan fingerprint density at radius 3 is 2.59 bits per heavy atom. The highest BCUT2D eigenvalue weighted by Crippen LogP contribution is 2.58. The average Bonchev–Trinajstić information content (AvgIpc) is 3.26. The summed E-state index contributed by atoms with van der Waals surface area (Å²) in [5.74, 6) is 0.880. The third-order valence-electron chi connectivity index (χ3n) is 10.1. The zero-order valence-corrected chi connectivity index (χ0v) is 30.9. The monoisotopic (exact) mass is 749 g/mol. The van der Waals surface area contributed by atoms with E-state index in [2.05, 4.69) is 86.2 Å². The van der Waals surface area contributed by atoms with Gasteiger partial charge in [0.15, 0.2) is 0 Å². The van der Waals surface area contributed by atoms with Gasteiger partial charge in [-0.1, -0.05) is 39.3 Å². The van der Waals surface area contributed by atoms with Crippen LogP contribution in [-0.2, 0) is 16.1 Å². The van der Waals surface area contributed by atoms with Crippen molar-refractivity contribution in [2.45, 2.75) is 116 Å². The molecule has 1 saturated heterocycles. The number of rotatable bonds is 10. The molecular weight excluding hydrogens is 701 g/mol. The molecule has 5 rings (SSSR count). The number of piperidine rings is 1. The molecule has 4 unspecified atom stereocenters. The molecule has 240 valence electrons. The van der Waals surface area contributed by atoms with E-state index >= 15 is 0 Å². The van der Waals surface area contributed by atoms with Gasteiger partial charge in [-0.3, -0.25) is 19.7 Å². The molecule has 3 amide bonds. The van der Waals surface area contributed by atoms with Crippen molar-refractivity contribution in [3.8, 4) is 0 Å². The minimum Gasteiger partial charge on any atom is -0.322 e. The van der Waals surface area contributed by atoms with Crippen molar-refractivity contribution in [2.24, 2.45) is 16.7 Å². The van der Waals surface area contributed by atoms with Crippen molar-refractivity contribution in [3.05, 3.63) is 48.8 Å². The standard InChI is InChI=1S/C35H48IN3O3S2/c1-7-35(15-23-13-33(4,5)20-34(6,14-23)21-35)37-16-24(36)18-43-29(22(2)3)19-44-28-10-8-9-25-26(28)17-39(32(25)42)27-11-12-30(40)38-31(27)41/h8-10,18,23,27,37H,7,11-17,19-21H2,1-6H3,(H,38,40,41)/b24-18-. The number of thioether (sulfide) groups is 2. The van der Waals surface area contributed by atoms with Crippen LogP contribution in [0.15, 0.2) is 42.6 Å². The van der Waals surface area contributed by atoms with Crippen LogP contribution in [0, 0.1) is 16.7 Å². The van der Waals surface area contributed by atoms with E-state index in [-0.39, 0.29) is 29.7 Å². The third kappa shape index (κ3) is 7.63. The van der Waals surface area contributed by atoms with Crippen molar-refractivity contribution < 1.29 is 14.4 Å². The predicted molar refractivity (Wildman–Crippen MR) is 191 cm³/mol. The van der Waals surface area contributed by atoms with Crippen molar-refractivity contribution >= 4 is 63.8 Å². The molecular formula is C35H48IN3O3S2. The van der Waals surface area contributed by atoms with Crippen LogP contribution in [0.4, 0.5) is 0 Å². The first-order chi connectivity index (χ1) is 20.7. The van der Waals surface area contributed by atoms with Crippen molar-refractivity contribution in [3.63, 3.8) is 0 Å². The van der Waals surface area contributed by atoms with E-state index in [0.717, 1.165) is 28.7 Å². The summed E-state index contributed by atoms with van der Waals surface area (Å²) in [5.41, 5.74) is 4.07. The molecule has 2 aliphatic heterocycles. The number of allylic oxidation sites excluding steroid dienone is 1. The number of imide groups is 1. The number of hydrogen-bond acceptors (Lipinski definition) is 6. The van der Waals surface area contributed by atoms with E-state index in [1.807, 2.05) is 23.9 Å². The van der Waals surface area contributed by atoms with Crippen molar-refractivity contribution in [1.82, 2.24) is 15.5 Å². The largest absolute Gasteiger partial charge is 0.322 e. The molecule has 2 aliphatic carbocycles. The van der Waals surface area contributed by atoms with E-state index in [4.69, 9.17) is 0 Å². The molecule has 1 aromatic carbocycles. The molecule has 6 nitrogen and oxygen atoms in total. The molecule has 2 bridgehead atoms. The van der Waals surface area contributed by atoms with Crippen molar-refractivity contribution in [2.75, 3.05) is 12.3 Å². The van der Waals surface area contributed by atoms with Crippen molar-refractivity contribution in [1.29, 1.82) is 0 Å². The fraction of sp³-hybridized carbons (Fsp3) is 0.629. The minimum atomic E-state index is -0.593. The maximum absolute atomic E-state index is 13.2. The Kier molecular flexibility index (Phi) is 10.4. The highest BCUT2D eigenvalue weighted by atomic mass is 127. The van der Waals surface area contributed by atoms with Crippen LogP contribution < -0.4 is 10.6 Å². The second-order valence-electron chi connectivity index (χ2n) is 14.9. The molecule has 1 aromatic rings. The van der Waals surface area contributed by atoms with Gasteiger partial charge in [0.1, 0.15) is 6.04 Å². The van der Waals surface area contributed by atoms with Gasteiger partial charge in [0.2, 0.25) is 11.8 Å². The minimum absolute atomic E-state index is 0.122.